The molecule has 2 unspecified atom stereocenters. The molecule has 3 N–H and O–H groups in total. The van der Waals surface area contributed by atoms with E-state index >= 15 is 0 Å². The highest BCUT2D eigenvalue weighted by Gasteiger charge is 2.35. The highest BCUT2D eigenvalue weighted by molar-refractivity contribution is 5.99. The smallest absolute Gasteiger partial charge is 0.408 e. The first-order valence-corrected chi connectivity index (χ1v) is 11.2. The molecule has 34 heavy (non-hydrogen) atoms. The predicted octanol–water partition coefficient (Wildman–Crippen LogP) is 4.39. The SMILES string of the molecule is Cc1ccccc1NC(=O)C(c1cccc(O)c1)N(C)C(=O)C(NC(=O)OC(C)(C)C)C(C)C. The van der Waals surface area contributed by atoms with Gasteiger partial charge in [0.25, 0.3) is 5.91 Å². The summed E-state index contributed by atoms with van der Waals surface area (Å²) in [6.45, 7) is 10.7. The fourth-order valence-electron chi connectivity index (χ4n) is 3.45. The van der Waals surface area contributed by atoms with Crippen LogP contribution in [0.1, 0.15) is 51.8 Å². The maximum atomic E-state index is 13.5. The summed E-state index contributed by atoms with van der Waals surface area (Å²) in [4.78, 5) is 40.6. The molecule has 3 amide bonds. The minimum absolute atomic E-state index is 0.0284. The van der Waals surface area contributed by atoms with E-state index in [-0.39, 0.29) is 11.7 Å². The van der Waals surface area contributed by atoms with Gasteiger partial charge < -0.3 is 25.4 Å². The minimum atomic E-state index is -1.05. The second-order valence-corrected chi connectivity index (χ2v) is 9.62. The van der Waals surface area contributed by atoms with Crippen LogP contribution >= 0.6 is 0 Å². The fraction of sp³-hybridized carbons (Fsp3) is 0.423. The number of aromatic hydroxyl groups is 1. The van der Waals surface area contributed by atoms with Gasteiger partial charge in [-0.25, -0.2) is 4.79 Å². The van der Waals surface area contributed by atoms with E-state index in [4.69, 9.17) is 4.74 Å². The summed E-state index contributed by atoms with van der Waals surface area (Å²) in [7, 11) is 1.50. The van der Waals surface area contributed by atoms with Crippen molar-refractivity contribution in [1.29, 1.82) is 0 Å². The molecule has 0 saturated carbocycles. The lowest BCUT2D eigenvalue weighted by Gasteiger charge is -2.33. The van der Waals surface area contributed by atoms with Gasteiger partial charge in [-0.15, -0.1) is 0 Å². The van der Waals surface area contributed by atoms with E-state index in [2.05, 4.69) is 10.6 Å². The highest BCUT2D eigenvalue weighted by Crippen LogP contribution is 2.27. The summed E-state index contributed by atoms with van der Waals surface area (Å²) in [6.07, 6.45) is -0.716. The molecule has 0 aliphatic carbocycles. The highest BCUT2D eigenvalue weighted by atomic mass is 16.6. The van der Waals surface area contributed by atoms with E-state index in [0.717, 1.165) is 5.56 Å². The molecule has 2 aromatic rings. The van der Waals surface area contributed by atoms with E-state index < -0.39 is 35.6 Å². The largest absolute Gasteiger partial charge is 0.508 e. The normalized spacial score (nSPS) is 13.1. The zero-order valence-electron chi connectivity index (χ0n) is 20.9. The number of aryl methyl sites for hydroxylation is 1. The number of carbonyl (C=O) groups is 3. The first kappa shape index (κ1) is 26.7. The van der Waals surface area contributed by atoms with Crippen LogP contribution in [0.4, 0.5) is 10.5 Å². The maximum Gasteiger partial charge on any atom is 0.408 e. The third-order valence-corrected chi connectivity index (χ3v) is 5.18. The van der Waals surface area contributed by atoms with Crippen LogP contribution < -0.4 is 10.6 Å². The van der Waals surface area contributed by atoms with Crippen molar-refractivity contribution in [2.75, 3.05) is 12.4 Å². The number of carbonyl (C=O) groups excluding carboxylic acids is 3. The molecule has 2 aromatic carbocycles. The summed E-state index contributed by atoms with van der Waals surface area (Å²) in [5.74, 6) is -1.21. The molecule has 0 aliphatic heterocycles. The van der Waals surface area contributed by atoms with Gasteiger partial charge in [0, 0.05) is 12.7 Å². The third-order valence-electron chi connectivity index (χ3n) is 5.18. The number of likely N-dealkylation sites (N-methyl/N-ethyl adjacent to an activating group) is 1. The monoisotopic (exact) mass is 469 g/mol. The van der Waals surface area contributed by atoms with E-state index in [1.165, 1.54) is 24.1 Å². The first-order chi connectivity index (χ1) is 15.8. The lowest BCUT2D eigenvalue weighted by molar-refractivity contribution is -0.140. The number of ether oxygens (including phenoxy) is 1. The van der Waals surface area contributed by atoms with Crippen molar-refractivity contribution in [3.05, 3.63) is 59.7 Å². The molecule has 184 valence electrons. The van der Waals surface area contributed by atoms with Crippen molar-refractivity contribution >= 4 is 23.6 Å². The quantitative estimate of drug-likeness (QED) is 0.557. The van der Waals surface area contributed by atoms with Crippen molar-refractivity contribution < 1.29 is 24.2 Å². The molecule has 0 spiro atoms. The number of benzene rings is 2. The number of phenols is 1. The number of anilines is 1. The fourth-order valence-corrected chi connectivity index (χ4v) is 3.45. The van der Waals surface area contributed by atoms with E-state index in [1.807, 2.05) is 19.1 Å². The number of phenolic OH excluding ortho intramolecular Hbond substituents is 1. The Morgan fingerprint density at radius 2 is 1.68 bits per heavy atom. The summed E-state index contributed by atoms with van der Waals surface area (Å²) < 4.78 is 5.32. The number of amides is 3. The van der Waals surface area contributed by atoms with Gasteiger partial charge in [0.1, 0.15) is 23.4 Å². The van der Waals surface area contributed by atoms with Gasteiger partial charge >= 0.3 is 6.09 Å². The third kappa shape index (κ3) is 7.23. The second kappa shape index (κ2) is 11.0. The molecule has 0 radical (unpaired) electrons. The molecule has 8 nitrogen and oxygen atoms in total. The Morgan fingerprint density at radius 1 is 1.03 bits per heavy atom. The molecule has 2 rings (SSSR count). The molecule has 0 bridgehead atoms. The van der Waals surface area contributed by atoms with Crippen molar-refractivity contribution in [2.24, 2.45) is 5.92 Å². The van der Waals surface area contributed by atoms with E-state index in [1.54, 1.807) is 58.9 Å². The Morgan fingerprint density at radius 3 is 2.24 bits per heavy atom. The molecule has 8 heteroatoms. The average Bonchev–Trinajstić information content (AvgIpc) is 2.72. The topological polar surface area (TPSA) is 108 Å². The number of hydrogen-bond acceptors (Lipinski definition) is 5. The van der Waals surface area contributed by atoms with Gasteiger partial charge in [-0.3, -0.25) is 9.59 Å². The Hall–Kier alpha value is -3.55. The predicted molar refractivity (Wildman–Crippen MR) is 131 cm³/mol. The minimum Gasteiger partial charge on any atom is -0.508 e. The average molecular weight is 470 g/mol. The van der Waals surface area contributed by atoms with Gasteiger partial charge in [-0.1, -0.05) is 44.2 Å². The van der Waals surface area contributed by atoms with Crippen LogP contribution in [0.2, 0.25) is 0 Å². The van der Waals surface area contributed by atoms with Gasteiger partial charge in [-0.05, 0) is 62.9 Å². The lowest BCUT2D eigenvalue weighted by atomic mass is 9.99. The summed E-state index contributed by atoms with van der Waals surface area (Å²) in [6, 6.07) is 11.5. The zero-order chi connectivity index (χ0) is 25.6. The van der Waals surface area contributed by atoms with Crippen LogP contribution in [-0.2, 0) is 14.3 Å². The van der Waals surface area contributed by atoms with Gasteiger partial charge in [0.2, 0.25) is 5.91 Å². The Balaban J connectivity index is 2.38. The molecule has 0 fully saturated rings. The standard InChI is InChI=1S/C26H35N3O5/c1-16(2)21(28-25(33)34-26(4,5)6)24(32)29(7)22(18-12-10-13-19(30)15-18)23(31)27-20-14-9-8-11-17(20)3/h8-16,21-22,30H,1-7H3,(H,27,31)(H,28,33). The lowest BCUT2D eigenvalue weighted by Crippen LogP contribution is -2.53. The molecular weight excluding hydrogens is 434 g/mol. The Bertz CT molecular complexity index is 1030. The molecule has 0 heterocycles. The van der Waals surface area contributed by atoms with Crippen LogP contribution in [0.5, 0.6) is 5.75 Å². The number of para-hydroxylation sites is 1. The zero-order valence-corrected chi connectivity index (χ0v) is 20.9. The Kier molecular flexibility index (Phi) is 8.68. The second-order valence-electron chi connectivity index (χ2n) is 9.62. The van der Waals surface area contributed by atoms with Crippen LogP contribution in [0.3, 0.4) is 0 Å². The summed E-state index contributed by atoms with van der Waals surface area (Å²) >= 11 is 0. The van der Waals surface area contributed by atoms with Crippen LogP contribution in [0.25, 0.3) is 0 Å². The van der Waals surface area contributed by atoms with Crippen molar-refractivity contribution in [3.8, 4) is 5.75 Å². The molecule has 0 saturated heterocycles. The van der Waals surface area contributed by atoms with Crippen molar-refractivity contribution in [3.63, 3.8) is 0 Å². The molecule has 0 aromatic heterocycles. The van der Waals surface area contributed by atoms with Gasteiger partial charge in [0.15, 0.2) is 0 Å². The Labute approximate surface area is 201 Å². The van der Waals surface area contributed by atoms with Crippen LogP contribution in [0.15, 0.2) is 48.5 Å². The van der Waals surface area contributed by atoms with Crippen LogP contribution in [0, 0.1) is 12.8 Å². The molecule has 0 aliphatic rings. The number of rotatable bonds is 7. The van der Waals surface area contributed by atoms with E-state index in [0.29, 0.717) is 11.3 Å². The number of nitrogens with zero attached hydrogens (tertiary/aromatic N) is 1. The first-order valence-electron chi connectivity index (χ1n) is 11.2. The summed E-state index contributed by atoms with van der Waals surface area (Å²) in [5.41, 5.74) is 1.19. The maximum absolute atomic E-state index is 13.5. The molecular formula is C26H35N3O5. The van der Waals surface area contributed by atoms with Crippen LogP contribution in [-0.4, -0.2) is 46.6 Å². The molecule has 2 atom stereocenters. The number of alkyl carbamates (subject to hydrolysis) is 1. The van der Waals surface area contributed by atoms with E-state index in [9.17, 15) is 19.5 Å². The van der Waals surface area contributed by atoms with Crippen molar-refractivity contribution in [2.45, 2.75) is 59.2 Å². The summed E-state index contributed by atoms with van der Waals surface area (Å²) in [5, 5.41) is 15.5. The number of hydrogen-bond donors (Lipinski definition) is 3. The van der Waals surface area contributed by atoms with Gasteiger partial charge in [0.05, 0.1) is 0 Å². The van der Waals surface area contributed by atoms with Crippen molar-refractivity contribution in [1.82, 2.24) is 10.2 Å². The number of nitrogens with one attached hydrogen (secondary N) is 2. The van der Waals surface area contributed by atoms with Gasteiger partial charge in [-0.2, -0.15) is 0 Å².